The number of nitrogens with one attached hydrogen (secondary N) is 1. The summed E-state index contributed by atoms with van der Waals surface area (Å²) in [6.45, 7) is 0.744. The maximum absolute atomic E-state index is 11.6. The molecular weight excluding hydrogens is 212 g/mol. The summed E-state index contributed by atoms with van der Waals surface area (Å²) in [6, 6.07) is 10.5. The fourth-order valence-corrected chi connectivity index (χ4v) is 2.37. The number of nitrogens with zero attached hydrogens (tertiary/aromatic N) is 1. The second kappa shape index (κ2) is 4.78. The molecule has 92 valence electrons. The van der Waals surface area contributed by atoms with Gasteiger partial charge in [-0.15, -0.1) is 0 Å². The molecule has 0 saturated heterocycles. The van der Waals surface area contributed by atoms with Crippen molar-refractivity contribution in [1.82, 2.24) is 10.2 Å². The standard InChI is InChI=1S/C14H20N2O/c1-16(2)13(17)15-11-14(9-6-10-14)12-7-4-3-5-8-12/h3-5,7-8H,6,9-11H2,1-2H3,(H,15,17). The van der Waals surface area contributed by atoms with Gasteiger partial charge in [-0.2, -0.15) is 0 Å². The molecule has 1 aromatic rings. The maximum atomic E-state index is 11.6. The number of rotatable bonds is 3. The summed E-state index contributed by atoms with van der Waals surface area (Å²) < 4.78 is 0. The molecule has 3 nitrogen and oxygen atoms in total. The van der Waals surface area contributed by atoms with E-state index in [9.17, 15) is 4.79 Å². The average molecular weight is 232 g/mol. The Morgan fingerprint density at radius 1 is 1.29 bits per heavy atom. The highest BCUT2D eigenvalue weighted by Gasteiger charge is 2.38. The zero-order valence-corrected chi connectivity index (χ0v) is 10.6. The molecule has 0 spiro atoms. The van der Waals surface area contributed by atoms with Crippen LogP contribution >= 0.6 is 0 Å². The van der Waals surface area contributed by atoms with Crippen molar-refractivity contribution in [3.63, 3.8) is 0 Å². The third-order valence-corrected chi connectivity index (χ3v) is 3.68. The molecule has 0 aromatic heterocycles. The molecule has 0 aliphatic heterocycles. The lowest BCUT2D eigenvalue weighted by Crippen LogP contribution is -2.47. The van der Waals surface area contributed by atoms with E-state index in [2.05, 4.69) is 29.6 Å². The van der Waals surface area contributed by atoms with Gasteiger partial charge in [-0.05, 0) is 18.4 Å². The van der Waals surface area contributed by atoms with E-state index in [0.29, 0.717) is 0 Å². The van der Waals surface area contributed by atoms with Gasteiger partial charge in [0.15, 0.2) is 0 Å². The zero-order valence-electron chi connectivity index (χ0n) is 10.6. The van der Waals surface area contributed by atoms with Crippen LogP contribution in [-0.4, -0.2) is 31.6 Å². The SMILES string of the molecule is CN(C)C(=O)NCC1(c2ccccc2)CCC1. The van der Waals surface area contributed by atoms with E-state index in [1.807, 2.05) is 6.07 Å². The molecular formula is C14H20N2O. The van der Waals surface area contributed by atoms with E-state index in [1.54, 1.807) is 19.0 Å². The van der Waals surface area contributed by atoms with Gasteiger partial charge in [0.1, 0.15) is 0 Å². The predicted molar refractivity (Wildman–Crippen MR) is 69.1 cm³/mol. The summed E-state index contributed by atoms with van der Waals surface area (Å²) in [7, 11) is 3.54. The van der Waals surface area contributed by atoms with Crippen LogP contribution in [0.15, 0.2) is 30.3 Å². The van der Waals surface area contributed by atoms with Crippen LogP contribution in [0.4, 0.5) is 4.79 Å². The minimum absolute atomic E-state index is 0.00722. The highest BCUT2D eigenvalue weighted by molar-refractivity contribution is 5.73. The van der Waals surface area contributed by atoms with Crippen LogP contribution in [0.2, 0.25) is 0 Å². The summed E-state index contributed by atoms with van der Waals surface area (Å²) in [5.41, 5.74) is 1.53. The molecule has 0 radical (unpaired) electrons. The van der Waals surface area contributed by atoms with Crippen LogP contribution in [0.5, 0.6) is 0 Å². The summed E-state index contributed by atoms with van der Waals surface area (Å²) in [5, 5.41) is 3.01. The van der Waals surface area contributed by atoms with Crippen LogP contribution in [0.3, 0.4) is 0 Å². The topological polar surface area (TPSA) is 32.3 Å². The summed E-state index contributed by atoms with van der Waals surface area (Å²) in [4.78, 5) is 13.2. The lowest BCUT2D eigenvalue weighted by atomic mass is 9.64. The predicted octanol–water partition coefficient (Wildman–Crippen LogP) is 2.38. The zero-order chi connectivity index (χ0) is 12.3. The summed E-state index contributed by atoms with van der Waals surface area (Å²) in [5.74, 6) is 0. The molecule has 0 bridgehead atoms. The Labute approximate surface area is 103 Å². The van der Waals surface area contributed by atoms with Crippen LogP contribution in [-0.2, 0) is 5.41 Å². The van der Waals surface area contributed by atoms with Gasteiger partial charge >= 0.3 is 6.03 Å². The number of hydrogen-bond donors (Lipinski definition) is 1. The Hall–Kier alpha value is -1.51. The van der Waals surface area contributed by atoms with E-state index in [0.717, 1.165) is 6.54 Å². The Balaban J connectivity index is 2.04. The first-order valence-electron chi connectivity index (χ1n) is 6.15. The Morgan fingerprint density at radius 3 is 2.41 bits per heavy atom. The quantitative estimate of drug-likeness (QED) is 0.852. The van der Waals surface area contributed by atoms with E-state index >= 15 is 0 Å². The van der Waals surface area contributed by atoms with Crippen molar-refractivity contribution < 1.29 is 4.79 Å². The molecule has 1 aliphatic rings. The smallest absolute Gasteiger partial charge is 0.316 e. The minimum atomic E-state index is -0.00722. The molecule has 1 N–H and O–H groups in total. The first kappa shape index (κ1) is 12.0. The Kier molecular flexibility index (Phi) is 3.36. The van der Waals surface area contributed by atoms with Crippen molar-refractivity contribution in [1.29, 1.82) is 0 Å². The lowest BCUT2D eigenvalue weighted by molar-refractivity contribution is 0.198. The second-order valence-electron chi connectivity index (χ2n) is 5.05. The average Bonchev–Trinajstić information content (AvgIpc) is 2.28. The van der Waals surface area contributed by atoms with Gasteiger partial charge in [-0.25, -0.2) is 4.79 Å². The molecule has 1 saturated carbocycles. The van der Waals surface area contributed by atoms with Crippen LogP contribution in [0.25, 0.3) is 0 Å². The second-order valence-corrected chi connectivity index (χ2v) is 5.05. The van der Waals surface area contributed by atoms with Gasteiger partial charge in [0.05, 0.1) is 0 Å². The fourth-order valence-electron chi connectivity index (χ4n) is 2.37. The molecule has 0 heterocycles. The van der Waals surface area contributed by atoms with Crippen molar-refractivity contribution in [3.8, 4) is 0 Å². The number of carbonyl (C=O) groups excluding carboxylic acids is 1. The Morgan fingerprint density at radius 2 is 1.94 bits per heavy atom. The van der Waals surface area contributed by atoms with Crippen molar-refractivity contribution in [3.05, 3.63) is 35.9 Å². The number of amides is 2. The molecule has 1 aliphatic carbocycles. The number of carbonyl (C=O) groups is 1. The first-order valence-corrected chi connectivity index (χ1v) is 6.15. The molecule has 0 atom stereocenters. The highest BCUT2D eigenvalue weighted by Crippen LogP contribution is 2.43. The van der Waals surface area contributed by atoms with Gasteiger partial charge in [-0.1, -0.05) is 36.8 Å². The van der Waals surface area contributed by atoms with Gasteiger partial charge in [0.25, 0.3) is 0 Å². The van der Waals surface area contributed by atoms with Crippen molar-refractivity contribution in [2.24, 2.45) is 0 Å². The molecule has 2 amide bonds. The molecule has 2 rings (SSSR count). The fraction of sp³-hybridized carbons (Fsp3) is 0.500. The van der Waals surface area contributed by atoms with Gasteiger partial charge in [-0.3, -0.25) is 0 Å². The molecule has 1 fully saturated rings. The van der Waals surface area contributed by atoms with E-state index in [-0.39, 0.29) is 11.4 Å². The van der Waals surface area contributed by atoms with Gasteiger partial charge in [0.2, 0.25) is 0 Å². The molecule has 17 heavy (non-hydrogen) atoms. The lowest BCUT2D eigenvalue weighted by Gasteiger charge is -2.42. The van der Waals surface area contributed by atoms with Gasteiger partial charge < -0.3 is 10.2 Å². The van der Waals surface area contributed by atoms with Crippen molar-refractivity contribution in [2.75, 3.05) is 20.6 Å². The van der Waals surface area contributed by atoms with Crippen LogP contribution in [0, 0.1) is 0 Å². The number of benzene rings is 1. The third kappa shape index (κ3) is 2.43. The minimum Gasteiger partial charge on any atom is -0.337 e. The highest BCUT2D eigenvalue weighted by atomic mass is 16.2. The van der Waals surface area contributed by atoms with Crippen molar-refractivity contribution in [2.45, 2.75) is 24.7 Å². The Bertz CT molecular complexity index is 382. The number of urea groups is 1. The largest absolute Gasteiger partial charge is 0.337 e. The van der Waals surface area contributed by atoms with E-state index < -0.39 is 0 Å². The molecule has 3 heteroatoms. The van der Waals surface area contributed by atoms with Gasteiger partial charge in [0, 0.05) is 26.1 Å². The number of hydrogen-bond acceptors (Lipinski definition) is 1. The molecule has 0 unspecified atom stereocenters. The maximum Gasteiger partial charge on any atom is 0.316 e. The van der Waals surface area contributed by atoms with Crippen LogP contribution < -0.4 is 5.32 Å². The van der Waals surface area contributed by atoms with Crippen LogP contribution in [0.1, 0.15) is 24.8 Å². The summed E-state index contributed by atoms with van der Waals surface area (Å²) >= 11 is 0. The van der Waals surface area contributed by atoms with E-state index in [1.165, 1.54) is 24.8 Å². The normalized spacial score (nSPS) is 17.1. The first-order chi connectivity index (χ1) is 8.14. The van der Waals surface area contributed by atoms with Crippen molar-refractivity contribution >= 4 is 6.03 Å². The molecule has 1 aromatic carbocycles. The third-order valence-electron chi connectivity index (χ3n) is 3.68. The monoisotopic (exact) mass is 232 g/mol. The summed E-state index contributed by atoms with van der Waals surface area (Å²) in [6.07, 6.45) is 3.60. The van der Waals surface area contributed by atoms with E-state index in [4.69, 9.17) is 0 Å².